The Balaban J connectivity index is 2.34. The lowest BCUT2D eigenvalue weighted by Gasteiger charge is -1.96. The highest BCUT2D eigenvalue weighted by molar-refractivity contribution is 5.77. The van der Waals surface area contributed by atoms with E-state index in [1.165, 1.54) is 11.1 Å². The number of benzene rings is 1. The van der Waals surface area contributed by atoms with E-state index in [1.807, 2.05) is 24.3 Å². The smallest absolute Gasteiger partial charge is 0.0125 e. The number of allylic oxidation sites excluding steroid dienone is 3. The molecule has 1 aliphatic rings. The van der Waals surface area contributed by atoms with Crippen LogP contribution in [0, 0.1) is 0 Å². The number of nitrogens with two attached hydrogens (primary N) is 1. The van der Waals surface area contributed by atoms with E-state index in [0.717, 1.165) is 12.1 Å². The van der Waals surface area contributed by atoms with Gasteiger partial charge in [0.2, 0.25) is 0 Å². The molecular formula is C11H11N. The van der Waals surface area contributed by atoms with Crippen LogP contribution in [0.4, 0.5) is 0 Å². The molecule has 0 amide bonds. The van der Waals surface area contributed by atoms with E-state index in [9.17, 15) is 0 Å². The third kappa shape index (κ3) is 1.26. The zero-order valence-electron chi connectivity index (χ0n) is 6.83. The fourth-order valence-corrected chi connectivity index (χ4v) is 1.38. The molecule has 0 atom stereocenters. The predicted octanol–water partition coefficient (Wildman–Crippen LogP) is 2.32. The molecule has 0 saturated heterocycles. The van der Waals surface area contributed by atoms with Crippen molar-refractivity contribution in [3.8, 4) is 0 Å². The van der Waals surface area contributed by atoms with Crippen LogP contribution < -0.4 is 5.73 Å². The van der Waals surface area contributed by atoms with Gasteiger partial charge in [0.15, 0.2) is 0 Å². The summed E-state index contributed by atoms with van der Waals surface area (Å²) in [5, 5.41) is 0. The maximum absolute atomic E-state index is 5.67. The van der Waals surface area contributed by atoms with Crippen LogP contribution in [-0.4, -0.2) is 0 Å². The Morgan fingerprint density at radius 1 is 1.08 bits per heavy atom. The topological polar surface area (TPSA) is 26.0 Å². The van der Waals surface area contributed by atoms with Crippen LogP contribution in [0.25, 0.3) is 5.57 Å². The van der Waals surface area contributed by atoms with Crippen LogP contribution >= 0.6 is 0 Å². The van der Waals surface area contributed by atoms with Crippen LogP contribution in [0.5, 0.6) is 0 Å². The van der Waals surface area contributed by atoms with Crippen LogP contribution in [0.15, 0.2) is 48.2 Å². The lowest BCUT2D eigenvalue weighted by Crippen LogP contribution is -1.90. The van der Waals surface area contributed by atoms with E-state index < -0.39 is 0 Å². The second-order valence-electron chi connectivity index (χ2n) is 2.95. The van der Waals surface area contributed by atoms with Gasteiger partial charge in [-0.3, -0.25) is 0 Å². The van der Waals surface area contributed by atoms with Gasteiger partial charge in [-0.05, 0) is 17.2 Å². The molecule has 0 unspecified atom stereocenters. The molecule has 0 fully saturated rings. The first kappa shape index (κ1) is 7.17. The normalized spacial score (nSPS) is 15.7. The molecule has 12 heavy (non-hydrogen) atoms. The van der Waals surface area contributed by atoms with E-state index in [0.29, 0.717) is 0 Å². The summed E-state index contributed by atoms with van der Waals surface area (Å²) < 4.78 is 0. The van der Waals surface area contributed by atoms with Gasteiger partial charge in [-0.25, -0.2) is 0 Å². The number of hydrogen-bond donors (Lipinski definition) is 1. The van der Waals surface area contributed by atoms with Gasteiger partial charge in [0.1, 0.15) is 0 Å². The maximum atomic E-state index is 5.67. The highest BCUT2D eigenvalue weighted by Gasteiger charge is 2.04. The van der Waals surface area contributed by atoms with Gasteiger partial charge in [-0.15, -0.1) is 0 Å². The molecule has 0 spiro atoms. The van der Waals surface area contributed by atoms with E-state index in [1.54, 1.807) is 0 Å². The SMILES string of the molecule is NC1=CC(c2ccccc2)=CC1. The van der Waals surface area contributed by atoms with Gasteiger partial charge < -0.3 is 5.73 Å². The van der Waals surface area contributed by atoms with Crippen molar-refractivity contribution in [1.82, 2.24) is 0 Å². The monoisotopic (exact) mass is 157 g/mol. The quantitative estimate of drug-likeness (QED) is 0.665. The molecule has 1 aliphatic carbocycles. The van der Waals surface area contributed by atoms with Crippen molar-refractivity contribution in [2.75, 3.05) is 0 Å². The average molecular weight is 157 g/mol. The minimum atomic E-state index is 0.893. The number of rotatable bonds is 1. The molecule has 0 radical (unpaired) electrons. The third-order valence-corrected chi connectivity index (χ3v) is 2.01. The van der Waals surface area contributed by atoms with E-state index in [-0.39, 0.29) is 0 Å². The van der Waals surface area contributed by atoms with E-state index >= 15 is 0 Å². The fourth-order valence-electron chi connectivity index (χ4n) is 1.38. The molecule has 2 rings (SSSR count). The molecular weight excluding hydrogens is 146 g/mol. The molecule has 60 valence electrons. The lowest BCUT2D eigenvalue weighted by atomic mass is 10.1. The summed E-state index contributed by atoms with van der Waals surface area (Å²) in [5.41, 5.74) is 9.12. The Morgan fingerprint density at radius 2 is 1.83 bits per heavy atom. The molecule has 1 aromatic rings. The van der Waals surface area contributed by atoms with Gasteiger partial charge in [-0.2, -0.15) is 0 Å². The van der Waals surface area contributed by atoms with Gasteiger partial charge in [0, 0.05) is 12.1 Å². The minimum Gasteiger partial charge on any atom is -0.402 e. The second kappa shape index (κ2) is 2.86. The predicted molar refractivity (Wildman–Crippen MR) is 51.3 cm³/mol. The summed E-state index contributed by atoms with van der Waals surface area (Å²) in [6.07, 6.45) is 5.09. The molecule has 2 N–H and O–H groups in total. The van der Waals surface area contributed by atoms with Crippen LogP contribution in [0.2, 0.25) is 0 Å². The number of hydrogen-bond acceptors (Lipinski definition) is 1. The first-order chi connectivity index (χ1) is 5.86. The van der Waals surface area contributed by atoms with Crippen LogP contribution in [-0.2, 0) is 0 Å². The Kier molecular flexibility index (Phi) is 1.71. The zero-order valence-corrected chi connectivity index (χ0v) is 6.83. The standard InChI is InChI=1S/C11H11N/c12-11-7-6-10(8-11)9-4-2-1-3-5-9/h1-6,8H,7,12H2. The van der Waals surface area contributed by atoms with Crippen molar-refractivity contribution in [2.24, 2.45) is 5.73 Å². The van der Waals surface area contributed by atoms with Crippen molar-refractivity contribution in [2.45, 2.75) is 6.42 Å². The summed E-state index contributed by atoms with van der Waals surface area (Å²) in [6, 6.07) is 10.3. The first-order valence-corrected chi connectivity index (χ1v) is 4.08. The van der Waals surface area contributed by atoms with E-state index in [2.05, 4.69) is 18.2 Å². The average Bonchev–Trinajstić information content (AvgIpc) is 2.54. The molecule has 0 saturated carbocycles. The van der Waals surface area contributed by atoms with E-state index in [4.69, 9.17) is 5.73 Å². The molecule has 1 aromatic carbocycles. The highest BCUT2D eigenvalue weighted by atomic mass is 14.6. The largest absolute Gasteiger partial charge is 0.402 e. The minimum absolute atomic E-state index is 0.893. The molecule has 0 bridgehead atoms. The molecule has 1 nitrogen and oxygen atoms in total. The van der Waals surface area contributed by atoms with Crippen molar-refractivity contribution >= 4 is 5.57 Å². The third-order valence-electron chi connectivity index (χ3n) is 2.01. The highest BCUT2D eigenvalue weighted by Crippen LogP contribution is 2.23. The summed E-state index contributed by atoms with van der Waals surface area (Å²) >= 11 is 0. The maximum Gasteiger partial charge on any atom is 0.0125 e. The summed E-state index contributed by atoms with van der Waals surface area (Å²) in [7, 11) is 0. The second-order valence-corrected chi connectivity index (χ2v) is 2.95. The summed E-state index contributed by atoms with van der Waals surface area (Å²) in [5.74, 6) is 0. The van der Waals surface area contributed by atoms with Crippen molar-refractivity contribution in [3.63, 3.8) is 0 Å². The van der Waals surface area contributed by atoms with Gasteiger partial charge >= 0.3 is 0 Å². The van der Waals surface area contributed by atoms with Gasteiger partial charge in [0.25, 0.3) is 0 Å². The zero-order chi connectivity index (χ0) is 8.39. The van der Waals surface area contributed by atoms with Crippen molar-refractivity contribution in [3.05, 3.63) is 53.7 Å². The summed E-state index contributed by atoms with van der Waals surface area (Å²) in [4.78, 5) is 0. The molecule has 0 aliphatic heterocycles. The first-order valence-electron chi connectivity index (χ1n) is 4.08. The molecule has 1 heteroatoms. The molecule has 0 heterocycles. The molecule has 0 aromatic heterocycles. The fraction of sp³-hybridized carbons (Fsp3) is 0.0909. The summed E-state index contributed by atoms with van der Waals surface area (Å²) in [6.45, 7) is 0. The Bertz CT molecular complexity index is 333. The van der Waals surface area contributed by atoms with Crippen LogP contribution in [0.3, 0.4) is 0 Å². The van der Waals surface area contributed by atoms with Crippen molar-refractivity contribution in [1.29, 1.82) is 0 Å². The Labute approximate surface area is 72.2 Å². The van der Waals surface area contributed by atoms with Crippen LogP contribution in [0.1, 0.15) is 12.0 Å². The Morgan fingerprint density at radius 3 is 2.42 bits per heavy atom. The lowest BCUT2D eigenvalue weighted by molar-refractivity contribution is 1.20. The Hall–Kier alpha value is -1.50. The van der Waals surface area contributed by atoms with Gasteiger partial charge in [-0.1, -0.05) is 36.4 Å². The van der Waals surface area contributed by atoms with Gasteiger partial charge in [0.05, 0.1) is 0 Å². The van der Waals surface area contributed by atoms with Crippen molar-refractivity contribution < 1.29 is 0 Å².